The molecule has 0 aromatic heterocycles. The summed E-state index contributed by atoms with van der Waals surface area (Å²) in [6, 6.07) is 15.9. The number of nitrogens with zero attached hydrogens (tertiary/aromatic N) is 1. The van der Waals surface area contributed by atoms with E-state index in [1.807, 2.05) is 12.1 Å². The second-order valence-electron chi connectivity index (χ2n) is 8.29. The maximum Gasteiger partial charge on any atom is 0.295 e. The fraction of sp³-hybridized carbons (Fsp3) is 0.185. The number of benzene rings is 3. The summed E-state index contributed by atoms with van der Waals surface area (Å²) in [5, 5.41) is 22.3. The van der Waals surface area contributed by atoms with Gasteiger partial charge >= 0.3 is 0 Å². The maximum atomic E-state index is 13.3. The Morgan fingerprint density at radius 2 is 1.77 bits per heavy atom. The van der Waals surface area contributed by atoms with Gasteiger partial charge in [0.05, 0.1) is 29.3 Å². The Hall–Kier alpha value is -3.48. The Labute approximate surface area is 213 Å². The fourth-order valence-corrected chi connectivity index (χ4v) is 4.79. The molecular formula is C27H23Cl2NO5. The Bertz CT molecular complexity index is 1330. The third kappa shape index (κ3) is 4.85. The molecule has 0 spiro atoms. The van der Waals surface area contributed by atoms with Gasteiger partial charge < -0.3 is 19.8 Å². The number of Topliss-reactive ketones (excluding diaryl/α,β-unsaturated/α-hetero) is 1. The SMILES string of the molecule is COc1c(Cl)cc(C)cc1/C(O)=C1\C(=O)C(=O)N(CCc2ccc(Cl)cc2)C1c1cccc(O)c1. The largest absolute Gasteiger partial charge is 0.508 e. The van der Waals surface area contributed by atoms with Crippen molar-refractivity contribution < 1.29 is 24.5 Å². The van der Waals surface area contributed by atoms with E-state index in [0.717, 1.165) is 11.1 Å². The molecule has 1 unspecified atom stereocenters. The van der Waals surface area contributed by atoms with E-state index in [1.54, 1.807) is 43.3 Å². The Morgan fingerprint density at radius 1 is 1.06 bits per heavy atom. The van der Waals surface area contributed by atoms with Gasteiger partial charge in [0.25, 0.3) is 11.7 Å². The minimum absolute atomic E-state index is 0.0260. The third-order valence-electron chi connectivity index (χ3n) is 5.93. The highest BCUT2D eigenvalue weighted by Crippen LogP contribution is 2.43. The van der Waals surface area contributed by atoms with E-state index in [9.17, 15) is 19.8 Å². The zero-order valence-electron chi connectivity index (χ0n) is 19.1. The topological polar surface area (TPSA) is 87.1 Å². The van der Waals surface area contributed by atoms with Gasteiger partial charge in [-0.3, -0.25) is 9.59 Å². The van der Waals surface area contributed by atoms with Crippen LogP contribution in [0.3, 0.4) is 0 Å². The standard InChI is InChI=1S/C27H23Cl2NO5/c1-15-12-20(26(35-2)21(29)13-15)24(32)22-23(17-4-3-5-19(31)14-17)30(27(34)25(22)33)11-10-16-6-8-18(28)9-7-16/h3-9,12-14,23,31-32H,10-11H2,1-2H3/b24-22+. The van der Waals surface area contributed by atoms with Crippen LogP contribution in [0, 0.1) is 6.92 Å². The van der Waals surface area contributed by atoms with Crippen LogP contribution >= 0.6 is 23.2 Å². The van der Waals surface area contributed by atoms with Gasteiger partial charge in [-0.05, 0) is 66.4 Å². The zero-order valence-corrected chi connectivity index (χ0v) is 20.6. The second-order valence-corrected chi connectivity index (χ2v) is 9.14. The lowest BCUT2D eigenvalue weighted by atomic mass is 9.94. The van der Waals surface area contributed by atoms with Crippen molar-refractivity contribution in [2.45, 2.75) is 19.4 Å². The van der Waals surface area contributed by atoms with Gasteiger partial charge in [0.1, 0.15) is 17.3 Å². The van der Waals surface area contributed by atoms with Crippen molar-refractivity contribution >= 4 is 40.7 Å². The minimum atomic E-state index is -0.918. The molecule has 0 aliphatic carbocycles. The van der Waals surface area contributed by atoms with Crippen molar-refractivity contribution in [1.82, 2.24) is 4.90 Å². The lowest BCUT2D eigenvalue weighted by Gasteiger charge is -2.25. The summed E-state index contributed by atoms with van der Waals surface area (Å²) in [5.74, 6) is -1.80. The maximum absolute atomic E-state index is 13.3. The quantitative estimate of drug-likeness (QED) is 0.252. The summed E-state index contributed by atoms with van der Waals surface area (Å²) in [7, 11) is 1.41. The molecular weight excluding hydrogens is 489 g/mol. The molecule has 1 saturated heterocycles. The van der Waals surface area contributed by atoms with Crippen molar-refractivity contribution in [3.8, 4) is 11.5 Å². The lowest BCUT2D eigenvalue weighted by Crippen LogP contribution is -2.31. The summed E-state index contributed by atoms with van der Waals surface area (Å²) in [6.45, 7) is 1.99. The van der Waals surface area contributed by atoms with Gasteiger partial charge in [-0.1, -0.05) is 47.5 Å². The van der Waals surface area contributed by atoms with Gasteiger partial charge in [0.2, 0.25) is 0 Å². The molecule has 1 aliphatic rings. The number of ether oxygens (including phenoxy) is 1. The van der Waals surface area contributed by atoms with E-state index >= 15 is 0 Å². The number of carbonyl (C=O) groups is 2. The van der Waals surface area contributed by atoms with Crippen LogP contribution in [0.1, 0.15) is 28.3 Å². The highest BCUT2D eigenvalue weighted by molar-refractivity contribution is 6.46. The summed E-state index contributed by atoms with van der Waals surface area (Å²) in [5.41, 5.74) is 2.26. The van der Waals surface area contributed by atoms with Crippen molar-refractivity contribution in [2.75, 3.05) is 13.7 Å². The molecule has 1 fully saturated rings. The number of likely N-dealkylation sites (tertiary alicyclic amines) is 1. The molecule has 180 valence electrons. The smallest absolute Gasteiger partial charge is 0.295 e. The van der Waals surface area contributed by atoms with Crippen LogP contribution in [0.2, 0.25) is 10.0 Å². The number of aryl methyl sites for hydroxylation is 1. The number of methoxy groups -OCH3 is 1. The predicted octanol–water partition coefficient (Wildman–Crippen LogP) is 5.68. The van der Waals surface area contributed by atoms with Crippen LogP contribution in [0.15, 0.2) is 66.2 Å². The second kappa shape index (κ2) is 10.0. The van der Waals surface area contributed by atoms with Gasteiger partial charge in [-0.25, -0.2) is 0 Å². The van der Waals surface area contributed by atoms with E-state index < -0.39 is 23.5 Å². The number of aliphatic hydroxyl groups excluding tert-OH is 1. The zero-order chi connectivity index (χ0) is 25.3. The molecule has 3 aromatic carbocycles. The number of amides is 1. The summed E-state index contributed by atoms with van der Waals surface area (Å²) < 4.78 is 5.39. The average molecular weight is 512 g/mol. The number of hydrogen-bond donors (Lipinski definition) is 2. The highest BCUT2D eigenvalue weighted by Gasteiger charge is 2.46. The number of halogens is 2. The van der Waals surface area contributed by atoms with E-state index in [1.165, 1.54) is 24.1 Å². The molecule has 1 heterocycles. The molecule has 4 rings (SSSR count). The Morgan fingerprint density at radius 3 is 2.43 bits per heavy atom. The number of aliphatic hydroxyl groups is 1. The van der Waals surface area contributed by atoms with Crippen LogP contribution in [-0.4, -0.2) is 40.5 Å². The molecule has 6 nitrogen and oxygen atoms in total. The molecule has 0 bridgehead atoms. The molecule has 1 aliphatic heterocycles. The number of aromatic hydroxyl groups is 1. The van der Waals surface area contributed by atoms with Gasteiger partial charge in [0.15, 0.2) is 0 Å². The number of carbonyl (C=O) groups excluding carboxylic acids is 2. The van der Waals surface area contributed by atoms with E-state index in [2.05, 4.69) is 0 Å². The van der Waals surface area contributed by atoms with Crippen molar-refractivity contribution in [2.24, 2.45) is 0 Å². The Balaban J connectivity index is 1.85. The van der Waals surface area contributed by atoms with E-state index in [4.69, 9.17) is 27.9 Å². The fourth-order valence-electron chi connectivity index (χ4n) is 4.31. The Kier molecular flexibility index (Phi) is 7.05. The van der Waals surface area contributed by atoms with Crippen LogP contribution in [0.5, 0.6) is 11.5 Å². The first kappa shape index (κ1) is 24.6. The van der Waals surface area contributed by atoms with Crippen molar-refractivity contribution in [3.05, 3.63) is 98.5 Å². The molecule has 8 heteroatoms. The first-order chi connectivity index (χ1) is 16.7. The monoisotopic (exact) mass is 511 g/mol. The molecule has 35 heavy (non-hydrogen) atoms. The van der Waals surface area contributed by atoms with Crippen LogP contribution in [-0.2, 0) is 16.0 Å². The minimum Gasteiger partial charge on any atom is -0.508 e. The summed E-state index contributed by atoms with van der Waals surface area (Å²) >= 11 is 12.3. The number of ketones is 1. The van der Waals surface area contributed by atoms with Gasteiger partial charge in [-0.2, -0.15) is 0 Å². The van der Waals surface area contributed by atoms with Crippen LogP contribution in [0.25, 0.3) is 5.76 Å². The number of phenols is 1. The molecule has 1 atom stereocenters. The molecule has 2 N–H and O–H groups in total. The third-order valence-corrected chi connectivity index (χ3v) is 6.46. The van der Waals surface area contributed by atoms with E-state index in [0.29, 0.717) is 17.0 Å². The molecule has 0 saturated carbocycles. The summed E-state index contributed by atoms with van der Waals surface area (Å²) in [6.07, 6.45) is 0.457. The van der Waals surface area contributed by atoms with Crippen molar-refractivity contribution in [1.29, 1.82) is 0 Å². The van der Waals surface area contributed by atoms with Crippen LogP contribution < -0.4 is 4.74 Å². The van der Waals surface area contributed by atoms with Gasteiger partial charge in [0, 0.05) is 11.6 Å². The molecule has 3 aromatic rings. The average Bonchev–Trinajstić information content (AvgIpc) is 3.07. The normalized spacial score (nSPS) is 17.1. The van der Waals surface area contributed by atoms with E-state index in [-0.39, 0.29) is 34.2 Å². The first-order valence-electron chi connectivity index (χ1n) is 10.9. The molecule has 1 amide bonds. The highest BCUT2D eigenvalue weighted by atomic mass is 35.5. The lowest BCUT2D eigenvalue weighted by molar-refractivity contribution is -0.139. The first-order valence-corrected chi connectivity index (χ1v) is 11.6. The summed E-state index contributed by atoms with van der Waals surface area (Å²) in [4.78, 5) is 27.8. The number of hydrogen-bond acceptors (Lipinski definition) is 5. The number of rotatable bonds is 6. The number of phenolic OH excluding ortho intramolecular Hbond substituents is 1. The van der Waals surface area contributed by atoms with Crippen molar-refractivity contribution in [3.63, 3.8) is 0 Å². The van der Waals surface area contributed by atoms with Gasteiger partial charge in [-0.15, -0.1) is 0 Å². The van der Waals surface area contributed by atoms with Crippen LogP contribution in [0.4, 0.5) is 0 Å². The molecule has 0 radical (unpaired) electrons. The predicted molar refractivity (Wildman–Crippen MR) is 135 cm³/mol.